The number of ether oxygens (including phenoxy) is 2. The van der Waals surface area contributed by atoms with Crippen molar-refractivity contribution in [1.82, 2.24) is 9.80 Å². The van der Waals surface area contributed by atoms with E-state index < -0.39 is 6.09 Å². The van der Waals surface area contributed by atoms with Crippen LogP contribution in [0.3, 0.4) is 0 Å². The van der Waals surface area contributed by atoms with Gasteiger partial charge >= 0.3 is 6.09 Å². The molecule has 156 valence electrons. The first kappa shape index (κ1) is 20.1. The molecule has 2 atom stereocenters. The Balaban J connectivity index is 1.41. The lowest BCUT2D eigenvalue weighted by atomic mass is 9.95. The van der Waals surface area contributed by atoms with Crippen molar-refractivity contribution >= 4 is 17.9 Å². The first-order chi connectivity index (χ1) is 14.6. The lowest BCUT2D eigenvalue weighted by molar-refractivity contribution is -0.00255. The number of carbonyl (C=O) groups excluding carboxylic acids is 3. The molecular formula is C23H24N2O5. The van der Waals surface area contributed by atoms with Gasteiger partial charge in [-0.1, -0.05) is 42.5 Å². The summed E-state index contributed by atoms with van der Waals surface area (Å²) < 4.78 is 11.0. The van der Waals surface area contributed by atoms with Gasteiger partial charge in [-0.05, 0) is 30.0 Å². The second-order valence-corrected chi connectivity index (χ2v) is 7.67. The molecule has 2 aliphatic heterocycles. The Labute approximate surface area is 175 Å². The molecule has 2 aromatic carbocycles. The van der Waals surface area contributed by atoms with Crippen LogP contribution in [-0.2, 0) is 16.1 Å². The van der Waals surface area contributed by atoms with E-state index in [1.807, 2.05) is 30.3 Å². The highest BCUT2D eigenvalue weighted by Crippen LogP contribution is 2.27. The van der Waals surface area contributed by atoms with E-state index in [-0.39, 0.29) is 37.0 Å². The molecule has 0 saturated carbocycles. The number of fused-ring (bicyclic) bond motifs is 1. The van der Waals surface area contributed by atoms with E-state index in [1.54, 1.807) is 36.3 Å². The highest BCUT2D eigenvalue weighted by molar-refractivity contribution is 6.21. The number of rotatable bonds is 5. The normalized spacial score (nSPS) is 21.0. The molecule has 3 amide bonds. The molecular weight excluding hydrogens is 384 g/mol. The molecule has 30 heavy (non-hydrogen) atoms. The zero-order valence-electron chi connectivity index (χ0n) is 16.8. The fourth-order valence-corrected chi connectivity index (χ4v) is 4.08. The molecule has 0 aliphatic carbocycles. The molecule has 2 heterocycles. The zero-order valence-corrected chi connectivity index (χ0v) is 16.8. The largest absolute Gasteiger partial charge is 0.445 e. The molecule has 0 spiro atoms. The van der Waals surface area contributed by atoms with Crippen LogP contribution in [0.25, 0.3) is 0 Å². The smallest absolute Gasteiger partial charge is 0.410 e. The molecule has 2 aromatic rings. The van der Waals surface area contributed by atoms with E-state index in [0.29, 0.717) is 30.6 Å². The molecule has 4 rings (SSSR count). The topological polar surface area (TPSA) is 76.2 Å². The Morgan fingerprint density at radius 3 is 2.23 bits per heavy atom. The molecule has 1 saturated heterocycles. The SMILES string of the molecule is CO[C@@H]1C[C@H](CN2C(=O)c3ccccc3C2=O)CN(C(=O)OCc2ccccc2)C1. The fraction of sp³-hybridized carbons (Fsp3) is 0.348. The predicted octanol–water partition coefficient (Wildman–Crippen LogP) is 2.96. The summed E-state index contributed by atoms with van der Waals surface area (Å²) in [6.45, 7) is 1.26. The van der Waals surface area contributed by atoms with E-state index in [1.165, 1.54) is 4.90 Å². The van der Waals surface area contributed by atoms with Crippen LogP contribution < -0.4 is 0 Å². The monoisotopic (exact) mass is 408 g/mol. The molecule has 7 heteroatoms. The van der Waals surface area contributed by atoms with Crippen molar-refractivity contribution in [3.05, 3.63) is 71.3 Å². The summed E-state index contributed by atoms with van der Waals surface area (Å²) in [5.74, 6) is -0.656. The van der Waals surface area contributed by atoms with Crippen LogP contribution in [0.5, 0.6) is 0 Å². The zero-order chi connectivity index (χ0) is 21.1. The molecule has 2 aliphatic rings. The summed E-state index contributed by atoms with van der Waals surface area (Å²) in [5, 5.41) is 0. The third-order valence-electron chi connectivity index (χ3n) is 5.61. The summed E-state index contributed by atoms with van der Waals surface area (Å²) >= 11 is 0. The predicted molar refractivity (Wildman–Crippen MR) is 109 cm³/mol. The van der Waals surface area contributed by atoms with Crippen molar-refractivity contribution in [2.45, 2.75) is 19.1 Å². The Hall–Kier alpha value is -3.19. The minimum absolute atomic E-state index is 0.0878. The fourth-order valence-electron chi connectivity index (χ4n) is 4.08. The van der Waals surface area contributed by atoms with Gasteiger partial charge in [0.2, 0.25) is 0 Å². The third-order valence-corrected chi connectivity index (χ3v) is 5.61. The number of piperidine rings is 1. The van der Waals surface area contributed by atoms with Gasteiger partial charge < -0.3 is 14.4 Å². The number of benzene rings is 2. The molecule has 0 aromatic heterocycles. The van der Waals surface area contributed by atoms with Crippen molar-refractivity contribution in [2.75, 3.05) is 26.7 Å². The second-order valence-electron chi connectivity index (χ2n) is 7.67. The quantitative estimate of drug-likeness (QED) is 0.711. The van der Waals surface area contributed by atoms with Crippen LogP contribution in [0.15, 0.2) is 54.6 Å². The third kappa shape index (κ3) is 4.07. The van der Waals surface area contributed by atoms with Gasteiger partial charge in [-0.25, -0.2) is 4.79 Å². The van der Waals surface area contributed by atoms with Gasteiger partial charge in [-0.3, -0.25) is 14.5 Å². The van der Waals surface area contributed by atoms with Gasteiger partial charge in [-0.2, -0.15) is 0 Å². The van der Waals surface area contributed by atoms with Crippen molar-refractivity contribution in [3.8, 4) is 0 Å². The van der Waals surface area contributed by atoms with E-state index in [2.05, 4.69) is 0 Å². The van der Waals surface area contributed by atoms with Gasteiger partial charge in [0.1, 0.15) is 6.61 Å². The van der Waals surface area contributed by atoms with Crippen molar-refractivity contribution < 1.29 is 23.9 Å². The number of amides is 3. The van der Waals surface area contributed by atoms with Gasteiger partial charge in [0.05, 0.1) is 23.8 Å². The number of carbonyl (C=O) groups is 3. The molecule has 0 N–H and O–H groups in total. The highest BCUT2D eigenvalue weighted by atomic mass is 16.6. The number of hydrogen-bond donors (Lipinski definition) is 0. The summed E-state index contributed by atoms with van der Waals surface area (Å²) in [4.78, 5) is 40.9. The van der Waals surface area contributed by atoms with E-state index in [4.69, 9.17) is 9.47 Å². The second kappa shape index (κ2) is 8.67. The highest BCUT2D eigenvalue weighted by Gasteiger charge is 2.39. The standard InChI is InChI=1S/C23H24N2O5/c1-29-18-11-17(13-25-21(26)19-9-5-6-10-20(19)22(25)27)12-24(14-18)23(28)30-15-16-7-3-2-4-8-16/h2-10,17-18H,11-15H2,1H3/t17-,18+/m0/s1. The van der Waals surface area contributed by atoms with Crippen molar-refractivity contribution in [2.24, 2.45) is 5.92 Å². The number of imide groups is 1. The Bertz CT molecular complexity index is 911. The van der Waals surface area contributed by atoms with Crippen LogP contribution in [0.2, 0.25) is 0 Å². The van der Waals surface area contributed by atoms with Crippen molar-refractivity contribution in [3.63, 3.8) is 0 Å². The molecule has 1 fully saturated rings. The summed E-state index contributed by atoms with van der Waals surface area (Å²) in [7, 11) is 1.60. The summed E-state index contributed by atoms with van der Waals surface area (Å²) in [5.41, 5.74) is 1.77. The number of methoxy groups -OCH3 is 1. The van der Waals surface area contributed by atoms with E-state index in [0.717, 1.165) is 5.56 Å². The Morgan fingerprint density at radius 2 is 1.60 bits per heavy atom. The lowest BCUT2D eigenvalue weighted by Crippen LogP contribution is -2.50. The van der Waals surface area contributed by atoms with Gasteiger partial charge in [0.25, 0.3) is 11.8 Å². The maximum absolute atomic E-state index is 12.7. The Morgan fingerprint density at radius 1 is 0.967 bits per heavy atom. The molecule has 0 radical (unpaired) electrons. The van der Waals surface area contributed by atoms with Crippen LogP contribution in [-0.4, -0.2) is 60.6 Å². The van der Waals surface area contributed by atoms with Gasteiger partial charge in [-0.15, -0.1) is 0 Å². The summed E-state index contributed by atoms with van der Waals surface area (Å²) in [6.07, 6.45) is 0.0583. The minimum Gasteiger partial charge on any atom is -0.445 e. The average molecular weight is 408 g/mol. The molecule has 7 nitrogen and oxygen atoms in total. The van der Waals surface area contributed by atoms with E-state index in [9.17, 15) is 14.4 Å². The average Bonchev–Trinajstić information content (AvgIpc) is 3.03. The first-order valence-corrected chi connectivity index (χ1v) is 10.0. The Kier molecular flexibility index (Phi) is 5.81. The number of nitrogens with zero attached hydrogens (tertiary/aromatic N) is 2. The minimum atomic E-state index is -0.423. The number of hydrogen-bond acceptors (Lipinski definition) is 5. The van der Waals surface area contributed by atoms with Crippen LogP contribution in [0.4, 0.5) is 4.79 Å². The van der Waals surface area contributed by atoms with Gasteiger partial charge in [0, 0.05) is 20.2 Å². The van der Waals surface area contributed by atoms with Crippen LogP contribution in [0.1, 0.15) is 32.7 Å². The van der Waals surface area contributed by atoms with Crippen LogP contribution >= 0.6 is 0 Å². The lowest BCUT2D eigenvalue weighted by Gasteiger charge is -2.37. The number of likely N-dealkylation sites (tertiary alicyclic amines) is 1. The maximum atomic E-state index is 12.7. The first-order valence-electron chi connectivity index (χ1n) is 10.0. The molecule has 0 bridgehead atoms. The van der Waals surface area contributed by atoms with E-state index >= 15 is 0 Å². The summed E-state index contributed by atoms with van der Waals surface area (Å²) in [6, 6.07) is 16.3. The van der Waals surface area contributed by atoms with Crippen LogP contribution in [0, 0.1) is 5.92 Å². The van der Waals surface area contributed by atoms with Crippen molar-refractivity contribution in [1.29, 1.82) is 0 Å². The van der Waals surface area contributed by atoms with Gasteiger partial charge in [0.15, 0.2) is 0 Å². The maximum Gasteiger partial charge on any atom is 0.410 e. The molecule has 0 unspecified atom stereocenters.